The Morgan fingerprint density at radius 3 is 2.52 bits per heavy atom. The van der Waals surface area contributed by atoms with Crippen LogP contribution in [-0.2, 0) is 0 Å². The van der Waals surface area contributed by atoms with E-state index in [9.17, 15) is 14.8 Å². The summed E-state index contributed by atoms with van der Waals surface area (Å²) >= 11 is 0. The molecule has 0 spiro atoms. The Labute approximate surface area is 179 Å². The number of aromatic amines is 1. The number of H-pyrrole nitrogens is 1. The number of amides is 1. The number of phenols is 1. The van der Waals surface area contributed by atoms with Crippen molar-refractivity contribution in [2.75, 3.05) is 24.7 Å². The third-order valence-corrected chi connectivity index (χ3v) is 4.78. The minimum Gasteiger partial charge on any atom is -0.505 e. The van der Waals surface area contributed by atoms with Crippen LogP contribution in [0.4, 0.5) is 17.3 Å². The lowest BCUT2D eigenvalue weighted by Crippen LogP contribution is -2.29. The lowest BCUT2D eigenvalue weighted by atomic mass is 9.85. The summed E-state index contributed by atoms with van der Waals surface area (Å²) in [5.74, 6) is 1.07. The monoisotopic (exact) mass is 430 g/mol. The zero-order chi connectivity index (χ0) is 22.9. The van der Waals surface area contributed by atoms with Crippen molar-refractivity contribution in [1.82, 2.24) is 10.1 Å². The molecule has 0 bridgehead atoms. The number of carbonyl (C=O) groups is 1. The lowest BCUT2D eigenvalue weighted by molar-refractivity contribution is -0.701. The summed E-state index contributed by atoms with van der Waals surface area (Å²) in [6.07, 6.45) is 0. The van der Waals surface area contributed by atoms with Gasteiger partial charge in [-0.15, -0.1) is 4.63 Å². The van der Waals surface area contributed by atoms with Gasteiger partial charge < -0.3 is 19.7 Å². The summed E-state index contributed by atoms with van der Waals surface area (Å²) in [7, 11) is 3.19. The summed E-state index contributed by atoms with van der Waals surface area (Å²) in [6.45, 7) is 7.88. The number of phenolic OH excluding ortho intramolecular Hbond substituents is 1. The highest BCUT2D eigenvalue weighted by Crippen LogP contribution is 2.38. The van der Waals surface area contributed by atoms with Crippen LogP contribution in [0.15, 0.2) is 39.4 Å². The van der Waals surface area contributed by atoms with Crippen molar-refractivity contribution in [2.45, 2.75) is 33.7 Å². The van der Waals surface area contributed by atoms with Crippen molar-refractivity contribution in [3.05, 3.63) is 52.3 Å². The molecule has 0 aliphatic carbocycles. The van der Waals surface area contributed by atoms with E-state index in [2.05, 4.69) is 15.8 Å². The standard InChI is InChI=1S/C21H27N5O5/c1-12-10-11-15(30-12)17(21(2,3)4)23-19-18(24-31-26(19)29)22-14-9-7-8-13(16(14)27)20(28)25(5)6/h7-11,17H,1-6H3,(H3-,22,23,24,27,28,29)/p+1/t17-/m0/s1. The van der Waals surface area contributed by atoms with E-state index in [1.54, 1.807) is 26.2 Å². The molecule has 3 aromatic rings. The second-order valence-electron chi connectivity index (χ2n) is 8.59. The number of hydrogen-bond donors (Lipinski definition) is 4. The van der Waals surface area contributed by atoms with Crippen molar-refractivity contribution in [3.8, 4) is 5.75 Å². The van der Waals surface area contributed by atoms with E-state index in [1.807, 2.05) is 39.8 Å². The summed E-state index contributed by atoms with van der Waals surface area (Å²) in [5.41, 5.74) is 0.0441. The zero-order valence-corrected chi connectivity index (χ0v) is 18.4. The first-order valence-corrected chi connectivity index (χ1v) is 9.77. The number of hydrogen-bond acceptors (Lipinski definition) is 7. The third kappa shape index (κ3) is 4.57. The third-order valence-electron chi connectivity index (χ3n) is 4.78. The fraction of sp³-hybridized carbons (Fsp3) is 0.381. The highest BCUT2D eigenvalue weighted by molar-refractivity contribution is 5.98. The van der Waals surface area contributed by atoms with Gasteiger partial charge in [0.2, 0.25) is 0 Å². The predicted molar refractivity (Wildman–Crippen MR) is 115 cm³/mol. The summed E-state index contributed by atoms with van der Waals surface area (Å²) in [6, 6.07) is 8.08. The van der Waals surface area contributed by atoms with Crippen LogP contribution >= 0.6 is 0 Å². The quantitative estimate of drug-likeness (QED) is 0.438. The topological polar surface area (TPSA) is 130 Å². The molecule has 0 saturated carbocycles. The molecule has 0 unspecified atom stereocenters. The lowest BCUT2D eigenvalue weighted by Gasteiger charge is -2.26. The Bertz CT molecular complexity index is 1140. The first kappa shape index (κ1) is 22.0. The van der Waals surface area contributed by atoms with Gasteiger partial charge in [-0.25, -0.2) is 0 Å². The summed E-state index contributed by atoms with van der Waals surface area (Å²) in [5, 5.41) is 19.2. The van der Waals surface area contributed by atoms with Crippen molar-refractivity contribution in [3.63, 3.8) is 0 Å². The Morgan fingerprint density at radius 2 is 1.94 bits per heavy atom. The van der Waals surface area contributed by atoms with Crippen molar-refractivity contribution >= 4 is 23.2 Å². The summed E-state index contributed by atoms with van der Waals surface area (Å²) in [4.78, 5) is 26.0. The van der Waals surface area contributed by atoms with Gasteiger partial charge in [-0.3, -0.25) is 10.1 Å². The minimum atomic E-state index is -0.358. The van der Waals surface area contributed by atoms with Crippen LogP contribution in [0.2, 0.25) is 0 Å². The van der Waals surface area contributed by atoms with Gasteiger partial charge in [-0.05, 0) is 36.1 Å². The van der Waals surface area contributed by atoms with E-state index >= 15 is 0 Å². The molecule has 2 aromatic heterocycles. The van der Waals surface area contributed by atoms with Crippen LogP contribution in [0.1, 0.15) is 48.7 Å². The average molecular weight is 430 g/mol. The number of aryl methyl sites for hydroxylation is 1. The molecular weight excluding hydrogens is 402 g/mol. The number of benzene rings is 1. The number of aromatic hydroxyl groups is 1. The molecule has 31 heavy (non-hydrogen) atoms. The minimum absolute atomic E-state index is 0.0673. The van der Waals surface area contributed by atoms with Crippen LogP contribution in [0.3, 0.4) is 0 Å². The molecule has 0 aliphatic heterocycles. The van der Waals surface area contributed by atoms with E-state index in [4.69, 9.17) is 9.05 Å². The van der Waals surface area contributed by atoms with E-state index < -0.39 is 0 Å². The molecule has 4 N–H and O–H groups in total. The molecule has 3 rings (SSSR count). The van der Waals surface area contributed by atoms with E-state index in [0.29, 0.717) is 10.4 Å². The van der Waals surface area contributed by atoms with Crippen LogP contribution in [0.25, 0.3) is 0 Å². The smallest absolute Gasteiger partial charge is 0.367 e. The molecule has 10 heteroatoms. The number of para-hydroxylation sites is 1. The highest BCUT2D eigenvalue weighted by Gasteiger charge is 2.35. The van der Waals surface area contributed by atoms with Gasteiger partial charge >= 0.3 is 5.82 Å². The van der Waals surface area contributed by atoms with Crippen molar-refractivity contribution in [1.29, 1.82) is 0 Å². The molecule has 1 amide bonds. The van der Waals surface area contributed by atoms with Gasteiger partial charge in [-0.2, -0.15) is 0 Å². The number of nitrogens with one attached hydrogen (secondary N) is 3. The normalized spacial score (nSPS) is 12.5. The molecule has 2 heterocycles. The van der Waals surface area contributed by atoms with E-state index in [1.165, 1.54) is 11.0 Å². The van der Waals surface area contributed by atoms with Crippen LogP contribution < -0.4 is 15.2 Å². The summed E-state index contributed by atoms with van der Waals surface area (Å²) < 4.78 is 11.0. The Balaban J connectivity index is 1.96. The first-order valence-electron chi connectivity index (χ1n) is 9.77. The Hall–Kier alpha value is -3.69. The zero-order valence-electron chi connectivity index (χ0n) is 18.4. The van der Waals surface area contributed by atoms with Gasteiger partial charge in [0.05, 0.1) is 11.3 Å². The Kier molecular flexibility index (Phi) is 5.83. The molecule has 0 saturated heterocycles. The van der Waals surface area contributed by atoms with Gasteiger partial charge in [0.25, 0.3) is 11.7 Å². The van der Waals surface area contributed by atoms with E-state index in [-0.39, 0.29) is 46.0 Å². The van der Waals surface area contributed by atoms with Gasteiger partial charge in [0.1, 0.15) is 17.6 Å². The van der Waals surface area contributed by atoms with Crippen LogP contribution in [-0.4, -0.2) is 35.2 Å². The van der Waals surface area contributed by atoms with Crippen molar-refractivity contribution in [2.24, 2.45) is 5.41 Å². The second-order valence-corrected chi connectivity index (χ2v) is 8.59. The highest BCUT2D eigenvalue weighted by atomic mass is 16.7. The maximum Gasteiger partial charge on any atom is 0.367 e. The fourth-order valence-corrected chi connectivity index (χ4v) is 3.13. The van der Waals surface area contributed by atoms with Gasteiger partial charge in [0, 0.05) is 19.5 Å². The fourth-order valence-electron chi connectivity index (χ4n) is 3.13. The molecule has 1 aromatic carbocycles. The molecule has 10 nitrogen and oxygen atoms in total. The van der Waals surface area contributed by atoms with Crippen LogP contribution in [0, 0.1) is 17.2 Å². The maximum atomic E-state index is 12.3. The molecule has 0 aliphatic rings. The molecule has 0 fully saturated rings. The molecule has 0 radical (unpaired) electrons. The van der Waals surface area contributed by atoms with Gasteiger partial charge in [0.15, 0.2) is 10.3 Å². The maximum absolute atomic E-state index is 12.3. The number of carbonyl (C=O) groups excluding carboxylic acids is 1. The molecule has 166 valence electrons. The first-order chi connectivity index (χ1) is 14.5. The predicted octanol–water partition coefficient (Wildman–Crippen LogP) is 3.77. The molecule has 1 atom stereocenters. The number of nitrogens with zero attached hydrogens (tertiary/aromatic N) is 2. The SMILES string of the molecule is Cc1ccc([C@H](Nc2c(Nc3cccc(C(=O)N(C)C)c3O)[nH]o[n+]2=O)C(C)(C)C)o1. The molecular formula is C21H28N5O5+. The van der Waals surface area contributed by atoms with E-state index in [0.717, 1.165) is 5.76 Å². The number of rotatable bonds is 6. The van der Waals surface area contributed by atoms with Crippen LogP contribution in [0.5, 0.6) is 5.75 Å². The number of aromatic nitrogens is 2. The number of anilines is 3. The van der Waals surface area contributed by atoms with Gasteiger partial charge in [-0.1, -0.05) is 32.0 Å². The largest absolute Gasteiger partial charge is 0.505 e. The average Bonchev–Trinajstić information content (AvgIpc) is 3.25. The number of furan rings is 1. The second kappa shape index (κ2) is 8.21. The van der Waals surface area contributed by atoms with Crippen molar-refractivity contribution < 1.29 is 23.5 Å². The Morgan fingerprint density at radius 1 is 1.23 bits per heavy atom.